The second-order valence-corrected chi connectivity index (χ2v) is 10.9. The predicted octanol–water partition coefficient (Wildman–Crippen LogP) is 6.23. The van der Waals surface area contributed by atoms with E-state index in [0.717, 1.165) is 18.1 Å². The van der Waals surface area contributed by atoms with Crippen LogP contribution >= 0.6 is 0 Å². The van der Waals surface area contributed by atoms with Crippen LogP contribution in [0.3, 0.4) is 0 Å². The van der Waals surface area contributed by atoms with Crippen LogP contribution < -0.4 is 4.74 Å². The zero-order valence-corrected chi connectivity index (χ0v) is 19.2. The molecule has 1 aliphatic rings. The minimum absolute atomic E-state index is 0.0294. The van der Waals surface area contributed by atoms with Crippen molar-refractivity contribution in [1.29, 1.82) is 0 Å². The fourth-order valence-electron chi connectivity index (χ4n) is 4.02. The summed E-state index contributed by atoms with van der Waals surface area (Å²) in [5, 5.41) is 0. The molecule has 1 aliphatic carbocycles. The molecule has 1 aromatic rings. The van der Waals surface area contributed by atoms with Gasteiger partial charge in [-0.25, -0.2) is 0 Å². The van der Waals surface area contributed by atoms with Crippen LogP contribution in [0.2, 0.25) is 0 Å². The van der Waals surface area contributed by atoms with Gasteiger partial charge >= 0.3 is 0 Å². The molecule has 1 fully saturated rings. The maximum Gasteiger partial charge on any atom is 0.267 e. The van der Waals surface area contributed by atoms with E-state index in [2.05, 4.69) is 18.7 Å². The van der Waals surface area contributed by atoms with E-state index in [1.807, 2.05) is 18.2 Å². The van der Waals surface area contributed by atoms with Crippen LogP contribution in [0.5, 0.6) is 5.75 Å². The highest BCUT2D eigenvalue weighted by Crippen LogP contribution is 2.38. The van der Waals surface area contributed by atoms with Crippen LogP contribution in [0, 0.1) is 5.92 Å². The van der Waals surface area contributed by atoms with E-state index in [1.165, 1.54) is 44.1 Å². The second kappa shape index (κ2) is 11.2. The monoisotopic (exact) mass is 422 g/mol. The zero-order valence-electron chi connectivity index (χ0n) is 18.4. The van der Waals surface area contributed by atoms with E-state index in [-0.39, 0.29) is 5.75 Å². The molecule has 0 heterocycles. The molecule has 0 atom stereocenters. The highest BCUT2D eigenvalue weighted by atomic mass is 32.2. The summed E-state index contributed by atoms with van der Waals surface area (Å²) in [6.45, 7) is 9.37. The summed E-state index contributed by atoms with van der Waals surface area (Å²) in [6.07, 6.45) is 11.4. The number of benzene rings is 1. The van der Waals surface area contributed by atoms with E-state index in [4.69, 9.17) is 8.92 Å². The van der Waals surface area contributed by atoms with Crippen LogP contribution in [-0.4, -0.2) is 26.4 Å². The van der Waals surface area contributed by atoms with E-state index < -0.39 is 15.7 Å². The molecule has 0 aromatic heterocycles. The van der Waals surface area contributed by atoms with Crippen molar-refractivity contribution >= 4 is 10.1 Å². The molecule has 2 rings (SSSR count). The highest BCUT2D eigenvalue weighted by molar-refractivity contribution is 7.86. The molecular formula is C24H38O4S. The third-order valence-electron chi connectivity index (χ3n) is 5.40. The van der Waals surface area contributed by atoms with Crippen LogP contribution in [0.1, 0.15) is 83.6 Å². The summed E-state index contributed by atoms with van der Waals surface area (Å²) in [5.41, 5.74) is 0.698. The van der Waals surface area contributed by atoms with E-state index >= 15 is 0 Å². The molecule has 0 amide bonds. The lowest BCUT2D eigenvalue weighted by Gasteiger charge is -2.29. The number of hydrogen-bond acceptors (Lipinski definition) is 4. The molecule has 164 valence electrons. The topological polar surface area (TPSA) is 52.6 Å². The van der Waals surface area contributed by atoms with Crippen molar-refractivity contribution in [1.82, 2.24) is 0 Å². The van der Waals surface area contributed by atoms with E-state index in [9.17, 15) is 8.42 Å². The molecule has 4 nitrogen and oxygen atoms in total. The minimum Gasteiger partial charge on any atom is -0.494 e. The smallest absolute Gasteiger partial charge is 0.267 e. The second-order valence-electron chi connectivity index (χ2n) is 9.17. The Morgan fingerprint density at radius 2 is 1.72 bits per heavy atom. The summed E-state index contributed by atoms with van der Waals surface area (Å²) >= 11 is 0. The lowest BCUT2D eigenvalue weighted by molar-refractivity contribution is 0.139. The minimum atomic E-state index is -3.51. The Balaban J connectivity index is 1.71. The number of allylic oxidation sites excluding steroid dienone is 1. The first-order valence-corrected chi connectivity index (χ1v) is 12.5. The summed E-state index contributed by atoms with van der Waals surface area (Å²) in [4.78, 5) is 0. The van der Waals surface area contributed by atoms with Gasteiger partial charge in [0.25, 0.3) is 10.1 Å². The van der Waals surface area contributed by atoms with Gasteiger partial charge in [0.1, 0.15) is 5.75 Å². The largest absolute Gasteiger partial charge is 0.494 e. The molecule has 29 heavy (non-hydrogen) atoms. The lowest BCUT2D eigenvalue weighted by Crippen LogP contribution is -2.26. The van der Waals surface area contributed by atoms with Crippen molar-refractivity contribution in [2.45, 2.75) is 83.7 Å². The Labute approximate surface area is 177 Å². The number of unbranched alkanes of at least 4 members (excludes halogenated alkanes) is 1. The first-order chi connectivity index (χ1) is 13.7. The molecule has 0 bridgehead atoms. The maximum atomic E-state index is 11.9. The quantitative estimate of drug-likeness (QED) is 0.241. The first-order valence-electron chi connectivity index (χ1n) is 11.0. The molecule has 0 saturated heterocycles. The Morgan fingerprint density at radius 3 is 2.31 bits per heavy atom. The summed E-state index contributed by atoms with van der Waals surface area (Å²) in [6, 6.07) is 8.34. The van der Waals surface area contributed by atoms with Crippen LogP contribution in [0.4, 0.5) is 0 Å². The molecule has 0 radical (unpaired) electrons. The maximum absolute atomic E-state index is 11.9. The van der Waals surface area contributed by atoms with Crippen LogP contribution in [-0.2, 0) is 14.3 Å². The SMILES string of the molecule is C=CCCCC1CCC(c2ccc(OCCCS(=O)(=O)OC(C)(C)C)cc2)CC1. The first kappa shape index (κ1) is 23.9. The van der Waals surface area contributed by atoms with Gasteiger partial charge in [-0.15, -0.1) is 6.58 Å². The third-order valence-corrected chi connectivity index (χ3v) is 6.95. The Morgan fingerprint density at radius 1 is 1.07 bits per heavy atom. The van der Waals surface area contributed by atoms with Gasteiger partial charge in [0, 0.05) is 0 Å². The molecule has 1 saturated carbocycles. The fraction of sp³-hybridized carbons (Fsp3) is 0.667. The van der Waals surface area contributed by atoms with Crippen molar-refractivity contribution in [3.8, 4) is 5.75 Å². The van der Waals surface area contributed by atoms with E-state index in [0.29, 0.717) is 18.9 Å². The Kier molecular flexibility index (Phi) is 9.22. The molecular weight excluding hydrogens is 384 g/mol. The molecule has 0 N–H and O–H groups in total. The highest BCUT2D eigenvalue weighted by Gasteiger charge is 2.23. The van der Waals surface area contributed by atoms with Gasteiger partial charge in [-0.3, -0.25) is 4.18 Å². The molecule has 0 unspecified atom stereocenters. The standard InChI is InChI=1S/C24H38O4S/c1-5-6-7-9-20-10-12-21(13-11-20)22-14-16-23(17-15-22)27-18-8-19-29(25,26)28-24(2,3)4/h5,14-17,20-21H,1,6-13,18-19H2,2-4H3. The van der Waals surface area contributed by atoms with Crippen LogP contribution in [0.15, 0.2) is 36.9 Å². The third kappa shape index (κ3) is 9.35. The predicted molar refractivity (Wildman–Crippen MR) is 120 cm³/mol. The normalized spacial score (nSPS) is 20.4. The molecule has 5 heteroatoms. The van der Waals surface area contributed by atoms with Gasteiger partial charge in [0.15, 0.2) is 0 Å². The van der Waals surface area contributed by atoms with E-state index in [1.54, 1.807) is 20.8 Å². The van der Waals surface area contributed by atoms with Gasteiger partial charge < -0.3 is 4.74 Å². The molecule has 0 spiro atoms. The van der Waals surface area contributed by atoms with Gasteiger partial charge in [-0.2, -0.15) is 8.42 Å². The van der Waals surface area contributed by atoms with Crippen molar-refractivity contribution in [2.24, 2.45) is 5.92 Å². The Bertz CT molecular complexity index is 708. The Hall–Kier alpha value is -1.33. The van der Waals surface area contributed by atoms with Crippen LogP contribution in [0.25, 0.3) is 0 Å². The van der Waals surface area contributed by atoms with Crippen molar-refractivity contribution in [3.05, 3.63) is 42.5 Å². The molecule has 0 aliphatic heterocycles. The summed E-state index contributed by atoms with van der Waals surface area (Å²) in [5.74, 6) is 2.30. The summed E-state index contributed by atoms with van der Waals surface area (Å²) in [7, 11) is -3.51. The average molecular weight is 423 g/mol. The number of rotatable bonds is 11. The number of hydrogen-bond donors (Lipinski definition) is 0. The lowest BCUT2D eigenvalue weighted by atomic mass is 9.77. The van der Waals surface area contributed by atoms with Gasteiger partial charge in [0.05, 0.1) is 18.0 Å². The van der Waals surface area contributed by atoms with Crippen molar-refractivity contribution in [3.63, 3.8) is 0 Å². The van der Waals surface area contributed by atoms with Gasteiger partial charge in [-0.05, 0) is 95.2 Å². The molecule has 1 aromatic carbocycles. The average Bonchev–Trinajstić information content (AvgIpc) is 2.65. The number of ether oxygens (including phenoxy) is 1. The fourth-order valence-corrected chi connectivity index (χ4v) is 5.34. The summed E-state index contributed by atoms with van der Waals surface area (Å²) < 4.78 is 34.6. The van der Waals surface area contributed by atoms with Gasteiger partial charge in [-0.1, -0.05) is 24.6 Å². The van der Waals surface area contributed by atoms with Crippen molar-refractivity contribution in [2.75, 3.05) is 12.4 Å². The zero-order chi connectivity index (χ0) is 21.3. The van der Waals surface area contributed by atoms with Gasteiger partial charge in [0.2, 0.25) is 0 Å². The van der Waals surface area contributed by atoms with Crippen molar-refractivity contribution < 1.29 is 17.3 Å².